The Morgan fingerprint density at radius 3 is 2.14 bits per heavy atom. The number of ether oxygens (including phenoxy) is 1. The number of anilines is 2. The molecule has 0 bridgehead atoms. The minimum absolute atomic E-state index is 0.198. The lowest BCUT2D eigenvalue weighted by molar-refractivity contribution is 0.242. The van der Waals surface area contributed by atoms with Gasteiger partial charge in [0.1, 0.15) is 5.75 Å². The Bertz CT molecular complexity index is 597. The van der Waals surface area contributed by atoms with Crippen LogP contribution in [0.5, 0.6) is 5.75 Å². The van der Waals surface area contributed by atoms with E-state index in [4.69, 9.17) is 16.3 Å². The van der Waals surface area contributed by atoms with Crippen LogP contribution in [0.15, 0.2) is 42.5 Å². The van der Waals surface area contributed by atoms with Gasteiger partial charge in [-0.3, -0.25) is 0 Å². The van der Waals surface area contributed by atoms with Crippen LogP contribution in [0.25, 0.3) is 0 Å². The van der Waals surface area contributed by atoms with Crippen LogP contribution < -0.4 is 15.4 Å². The van der Waals surface area contributed by atoms with Crippen LogP contribution in [0.1, 0.15) is 19.4 Å². The van der Waals surface area contributed by atoms with Crippen molar-refractivity contribution in [2.75, 3.05) is 23.7 Å². The van der Waals surface area contributed by atoms with E-state index in [1.165, 1.54) is 0 Å². The smallest absolute Gasteiger partial charge is 0.119 e. The summed E-state index contributed by atoms with van der Waals surface area (Å²) in [6.45, 7) is 7.70. The highest BCUT2D eigenvalue weighted by molar-refractivity contribution is 6.31. The molecule has 0 unspecified atom stereocenters. The molecule has 22 heavy (non-hydrogen) atoms. The Morgan fingerprint density at radius 2 is 1.55 bits per heavy atom. The van der Waals surface area contributed by atoms with Gasteiger partial charge in [-0.1, -0.05) is 17.7 Å². The molecule has 0 heterocycles. The molecule has 118 valence electrons. The van der Waals surface area contributed by atoms with Crippen LogP contribution in [0.4, 0.5) is 11.4 Å². The van der Waals surface area contributed by atoms with E-state index in [0.29, 0.717) is 0 Å². The van der Waals surface area contributed by atoms with Crippen molar-refractivity contribution in [3.63, 3.8) is 0 Å². The van der Waals surface area contributed by atoms with Gasteiger partial charge in [0.05, 0.1) is 6.10 Å². The first-order chi connectivity index (χ1) is 10.5. The van der Waals surface area contributed by atoms with Crippen molar-refractivity contribution in [1.29, 1.82) is 0 Å². The highest BCUT2D eigenvalue weighted by atomic mass is 35.5. The molecule has 0 spiro atoms. The summed E-state index contributed by atoms with van der Waals surface area (Å²) in [5.41, 5.74) is 3.21. The molecule has 2 aromatic carbocycles. The minimum atomic E-state index is 0.198. The van der Waals surface area contributed by atoms with Crippen molar-refractivity contribution in [3.8, 4) is 5.75 Å². The quantitative estimate of drug-likeness (QED) is 0.708. The van der Waals surface area contributed by atoms with Gasteiger partial charge in [0.15, 0.2) is 0 Å². The molecule has 0 radical (unpaired) electrons. The summed E-state index contributed by atoms with van der Waals surface area (Å²) in [6.07, 6.45) is 0.198. The number of rotatable bonds is 7. The summed E-state index contributed by atoms with van der Waals surface area (Å²) in [5, 5.41) is 7.51. The average molecular weight is 319 g/mol. The predicted molar refractivity (Wildman–Crippen MR) is 95.4 cm³/mol. The normalized spacial score (nSPS) is 10.6. The van der Waals surface area contributed by atoms with E-state index in [2.05, 4.69) is 10.6 Å². The summed E-state index contributed by atoms with van der Waals surface area (Å²) in [5.74, 6) is 0.896. The van der Waals surface area contributed by atoms with Crippen LogP contribution in [-0.2, 0) is 0 Å². The Labute approximate surface area is 137 Å². The molecular formula is C18H23ClN2O. The number of aryl methyl sites for hydroxylation is 1. The van der Waals surface area contributed by atoms with Crippen molar-refractivity contribution in [3.05, 3.63) is 53.1 Å². The maximum Gasteiger partial charge on any atom is 0.119 e. The van der Waals surface area contributed by atoms with Crippen LogP contribution in [0.3, 0.4) is 0 Å². The SMILES string of the molecule is Cc1ccc(NCCNc2ccc(OC(C)C)cc2)cc1Cl. The minimum Gasteiger partial charge on any atom is -0.491 e. The van der Waals surface area contributed by atoms with E-state index in [-0.39, 0.29) is 6.10 Å². The molecule has 2 aromatic rings. The zero-order valence-corrected chi connectivity index (χ0v) is 14.1. The standard InChI is InChI=1S/C18H23ClN2O/c1-13(2)22-17-8-6-15(7-9-17)20-10-11-21-16-5-4-14(3)18(19)12-16/h4-9,12-13,20-21H,10-11H2,1-3H3. The molecule has 0 aromatic heterocycles. The van der Waals surface area contributed by atoms with E-state index in [0.717, 1.165) is 40.8 Å². The maximum atomic E-state index is 6.11. The number of nitrogens with one attached hydrogen (secondary N) is 2. The monoisotopic (exact) mass is 318 g/mol. The third-order valence-electron chi connectivity index (χ3n) is 3.18. The van der Waals surface area contributed by atoms with Crippen molar-refractivity contribution in [1.82, 2.24) is 0 Å². The van der Waals surface area contributed by atoms with E-state index in [1.54, 1.807) is 0 Å². The third-order valence-corrected chi connectivity index (χ3v) is 3.59. The Kier molecular flexibility index (Phi) is 5.96. The van der Waals surface area contributed by atoms with Gasteiger partial charge in [-0.05, 0) is 62.7 Å². The summed E-state index contributed by atoms with van der Waals surface area (Å²) in [4.78, 5) is 0. The Balaban J connectivity index is 1.75. The molecule has 0 saturated heterocycles. The summed E-state index contributed by atoms with van der Waals surface area (Å²) < 4.78 is 5.62. The lowest BCUT2D eigenvalue weighted by Crippen LogP contribution is -2.13. The van der Waals surface area contributed by atoms with Crippen LogP contribution in [-0.4, -0.2) is 19.2 Å². The first-order valence-corrected chi connectivity index (χ1v) is 7.93. The van der Waals surface area contributed by atoms with Gasteiger partial charge in [0.25, 0.3) is 0 Å². The van der Waals surface area contributed by atoms with E-state index >= 15 is 0 Å². The highest BCUT2D eigenvalue weighted by Crippen LogP contribution is 2.20. The molecule has 0 atom stereocenters. The average Bonchev–Trinajstić information content (AvgIpc) is 2.48. The lowest BCUT2D eigenvalue weighted by Gasteiger charge is -2.12. The number of benzene rings is 2. The van der Waals surface area contributed by atoms with Crippen LogP contribution in [0, 0.1) is 6.92 Å². The zero-order chi connectivity index (χ0) is 15.9. The molecule has 0 saturated carbocycles. The first-order valence-electron chi connectivity index (χ1n) is 7.55. The fourth-order valence-electron chi connectivity index (χ4n) is 2.04. The molecule has 0 aliphatic rings. The van der Waals surface area contributed by atoms with Gasteiger partial charge in [-0.15, -0.1) is 0 Å². The molecule has 3 nitrogen and oxygen atoms in total. The maximum absolute atomic E-state index is 6.11. The molecule has 0 aliphatic carbocycles. The molecule has 0 fully saturated rings. The highest BCUT2D eigenvalue weighted by Gasteiger charge is 1.99. The molecular weight excluding hydrogens is 296 g/mol. The van der Waals surface area contributed by atoms with Crippen LogP contribution in [0.2, 0.25) is 5.02 Å². The first kappa shape index (κ1) is 16.5. The van der Waals surface area contributed by atoms with Gasteiger partial charge >= 0.3 is 0 Å². The zero-order valence-electron chi connectivity index (χ0n) is 13.3. The largest absolute Gasteiger partial charge is 0.491 e. The van der Waals surface area contributed by atoms with E-state index in [9.17, 15) is 0 Å². The van der Waals surface area contributed by atoms with Crippen molar-refractivity contribution in [2.24, 2.45) is 0 Å². The second kappa shape index (κ2) is 7.95. The van der Waals surface area contributed by atoms with Crippen molar-refractivity contribution >= 4 is 23.0 Å². The molecule has 2 rings (SSSR count). The summed E-state index contributed by atoms with van der Waals surface area (Å²) >= 11 is 6.11. The summed E-state index contributed by atoms with van der Waals surface area (Å²) in [7, 11) is 0. The number of hydrogen-bond donors (Lipinski definition) is 2. The second-order valence-corrected chi connectivity index (χ2v) is 5.92. The molecule has 4 heteroatoms. The van der Waals surface area contributed by atoms with Gasteiger partial charge in [0.2, 0.25) is 0 Å². The number of hydrogen-bond acceptors (Lipinski definition) is 3. The number of halogens is 1. The molecule has 0 aliphatic heterocycles. The van der Waals surface area contributed by atoms with Gasteiger partial charge < -0.3 is 15.4 Å². The van der Waals surface area contributed by atoms with Crippen molar-refractivity contribution in [2.45, 2.75) is 26.9 Å². The Morgan fingerprint density at radius 1 is 0.955 bits per heavy atom. The second-order valence-electron chi connectivity index (χ2n) is 5.51. The fraction of sp³-hybridized carbons (Fsp3) is 0.333. The lowest BCUT2D eigenvalue weighted by atomic mass is 10.2. The topological polar surface area (TPSA) is 33.3 Å². The van der Waals surface area contributed by atoms with Gasteiger partial charge in [0, 0.05) is 29.5 Å². The molecule has 0 amide bonds. The van der Waals surface area contributed by atoms with Crippen molar-refractivity contribution < 1.29 is 4.74 Å². The molecule has 2 N–H and O–H groups in total. The van der Waals surface area contributed by atoms with E-state index in [1.807, 2.05) is 63.2 Å². The predicted octanol–water partition coefficient (Wildman–Crippen LogP) is 4.96. The van der Waals surface area contributed by atoms with Crippen LogP contribution >= 0.6 is 11.6 Å². The third kappa shape index (κ3) is 5.15. The van der Waals surface area contributed by atoms with Gasteiger partial charge in [-0.2, -0.15) is 0 Å². The van der Waals surface area contributed by atoms with Gasteiger partial charge in [-0.25, -0.2) is 0 Å². The fourth-order valence-corrected chi connectivity index (χ4v) is 2.22. The van der Waals surface area contributed by atoms with E-state index < -0.39 is 0 Å². The summed E-state index contributed by atoms with van der Waals surface area (Å²) in [6, 6.07) is 14.0. The Hall–Kier alpha value is -1.87.